The Labute approximate surface area is 161 Å². The van der Waals surface area contributed by atoms with E-state index >= 15 is 0 Å². The Morgan fingerprint density at radius 1 is 0.929 bits per heavy atom. The van der Waals surface area contributed by atoms with Gasteiger partial charge in [-0.1, -0.05) is 0 Å². The van der Waals surface area contributed by atoms with E-state index in [2.05, 4.69) is 5.32 Å². The summed E-state index contributed by atoms with van der Waals surface area (Å²) in [7, 11) is 0. The highest BCUT2D eigenvalue weighted by Crippen LogP contribution is 2.29. The van der Waals surface area contributed by atoms with Crippen molar-refractivity contribution >= 4 is 5.91 Å². The first-order chi connectivity index (χ1) is 13.2. The van der Waals surface area contributed by atoms with E-state index in [1.807, 2.05) is 0 Å². The van der Waals surface area contributed by atoms with Crippen molar-refractivity contribution in [2.45, 2.75) is 75.2 Å². The first-order valence-corrected chi connectivity index (χ1v) is 9.04. The average Bonchev–Trinajstić information content (AvgIpc) is 2.66. The number of aliphatic hydroxyl groups is 6. The summed E-state index contributed by atoms with van der Waals surface area (Å²) in [6, 6.07) is -1.05. The topological polar surface area (TPSA) is 187 Å². The number of hydrogen-bond donors (Lipinski definition) is 7. The van der Waals surface area contributed by atoms with E-state index in [0.29, 0.717) is 0 Å². The fourth-order valence-electron chi connectivity index (χ4n) is 3.26. The Bertz CT molecular complexity index is 507. The smallest absolute Gasteiger partial charge is 0.217 e. The predicted molar refractivity (Wildman–Crippen MR) is 89.6 cm³/mol. The molecular formula is C16H29NO11. The van der Waals surface area contributed by atoms with E-state index < -0.39 is 80.5 Å². The van der Waals surface area contributed by atoms with Crippen molar-refractivity contribution in [3.8, 4) is 0 Å². The lowest BCUT2D eigenvalue weighted by Crippen LogP contribution is -2.67. The van der Waals surface area contributed by atoms with Crippen LogP contribution in [0.4, 0.5) is 0 Å². The average molecular weight is 411 g/mol. The SMILES string of the molecule is CCO[C@@H]1OC(CO)[C@H](O[C@@H]2OC(CO)[C@H](O)C(O)[C@@H]2O)C(O)[C@@H]1NC(C)=O. The third-order valence-electron chi connectivity index (χ3n) is 4.69. The fourth-order valence-corrected chi connectivity index (χ4v) is 3.26. The summed E-state index contributed by atoms with van der Waals surface area (Å²) in [5.74, 6) is -0.466. The second kappa shape index (κ2) is 10.2. The Morgan fingerprint density at radius 2 is 1.54 bits per heavy atom. The molecule has 0 radical (unpaired) electrons. The second-order valence-corrected chi connectivity index (χ2v) is 6.70. The van der Waals surface area contributed by atoms with Gasteiger partial charge in [-0.25, -0.2) is 0 Å². The zero-order valence-corrected chi connectivity index (χ0v) is 15.6. The van der Waals surface area contributed by atoms with E-state index in [1.165, 1.54) is 6.92 Å². The maximum absolute atomic E-state index is 11.5. The molecule has 10 atom stereocenters. The van der Waals surface area contributed by atoms with Gasteiger partial charge in [0.25, 0.3) is 0 Å². The molecule has 0 spiro atoms. The molecule has 2 aliphatic rings. The summed E-state index contributed by atoms with van der Waals surface area (Å²) in [5.41, 5.74) is 0. The molecule has 0 aliphatic carbocycles. The number of carbonyl (C=O) groups excluding carboxylic acids is 1. The molecule has 0 aromatic carbocycles. The first kappa shape index (κ1) is 23.3. The number of hydrogen-bond acceptors (Lipinski definition) is 11. The number of nitrogens with one attached hydrogen (secondary N) is 1. The molecule has 2 heterocycles. The van der Waals surface area contributed by atoms with Crippen LogP contribution in [0.15, 0.2) is 0 Å². The van der Waals surface area contributed by atoms with Crippen LogP contribution in [-0.2, 0) is 23.7 Å². The molecular weight excluding hydrogens is 382 g/mol. The van der Waals surface area contributed by atoms with Crippen LogP contribution in [0.1, 0.15) is 13.8 Å². The van der Waals surface area contributed by atoms with Crippen LogP contribution in [0.5, 0.6) is 0 Å². The number of aliphatic hydroxyl groups excluding tert-OH is 6. The molecule has 12 nitrogen and oxygen atoms in total. The summed E-state index contributed by atoms with van der Waals surface area (Å²) in [5, 5.41) is 61.9. The number of rotatable bonds is 7. The van der Waals surface area contributed by atoms with Gasteiger partial charge >= 0.3 is 0 Å². The summed E-state index contributed by atoms with van der Waals surface area (Å²) < 4.78 is 21.8. The zero-order valence-electron chi connectivity index (χ0n) is 15.6. The summed E-state index contributed by atoms with van der Waals surface area (Å²) in [6.45, 7) is 1.89. The molecule has 2 saturated heterocycles. The van der Waals surface area contributed by atoms with Gasteiger partial charge in [0.15, 0.2) is 12.6 Å². The molecule has 12 heteroatoms. The van der Waals surface area contributed by atoms with Crippen molar-refractivity contribution in [1.82, 2.24) is 5.32 Å². The number of carbonyl (C=O) groups is 1. The number of amides is 1. The fraction of sp³-hybridized carbons (Fsp3) is 0.938. The van der Waals surface area contributed by atoms with Crippen molar-refractivity contribution < 1.29 is 54.4 Å². The van der Waals surface area contributed by atoms with Gasteiger partial charge < -0.3 is 54.9 Å². The predicted octanol–water partition coefficient (Wildman–Crippen LogP) is -4.21. The standard InChI is InChI=1S/C16H29NO11/c1-3-25-15-9(17-6(2)20)11(22)14(8(5-19)27-15)28-16-13(24)12(23)10(21)7(4-18)26-16/h7-16,18-19,21-24H,3-5H2,1-2H3,(H,17,20)/t7?,8?,9-,10-,11?,12?,13-,14-,15+,16-/m0/s1. The third kappa shape index (κ3) is 4.97. The Balaban J connectivity index is 2.20. The third-order valence-corrected chi connectivity index (χ3v) is 4.69. The summed E-state index contributed by atoms with van der Waals surface area (Å²) >= 11 is 0. The van der Waals surface area contributed by atoms with Crippen LogP contribution < -0.4 is 5.32 Å². The van der Waals surface area contributed by atoms with Gasteiger partial charge in [-0.05, 0) is 6.92 Å². The van der Waals surface area contributed by atoms with Crippen LogP contribution in [-0.4, -0.2) is 118 Å². The molecule has 28 heavy (non-hydrogen) atoms. The van der Waals surface area contributed by atoms with Crippen LogP contribution in [0.2, 0.25) is 0 Å². The van der Waals surface area contributed by atoms with Crippen molar-refractivity contribution in [2.75, 3.05) is 19.8 Å². The van der Waals surface area contributed by atoms with Crippen molar-refractivity contribution in [3.05, 3.63) is 0 Å². The van der Waals surface area contributed by atoms with E-state index in [-0.39, 0.29) is 6.61 Å². The maximum atomic E-state index is 11.5. The van der Waals surface area contributed by atoms with E-state index in [0.717, 1.165) is 0 Å². The minimum absolute atomic E-state index is 0.212. The highest BCUT2D eigenvalue weighted by atomic mass is 16.7. The number of ether oxygens (including phenoxy) is 4. The Morgan fingerprint density at radius 3 is 2.07 bits per heavy atom. The summed E-state index contributed by atoms with van der Waals surface area (Å²) in [6.07, 6.45) is -12.6. The van der Waals surface area contributed by atoms with E-state index in [9.17, 15) is 35.4 Å². The van der Waals surface area contributed by atoms with Crippen molar-refractivity contribution in [2.24, 2.45) is 0 Å². The largest absolute Gasteiger partial charge is 0.394 e. The van der Waals surface area contributed by atoms with Gasteiger partial charge in [-0.2, -0.15) is 0 Å². The summed E-state index contributed by atoms with van der Waals surface area (Å²) in [4.78, 5) is 11.5. The highest BCUT2D eigenvalue weighted by Gasteiger charge is 2.51. The van der Waals surface area contributed by atoms with Gasteiger partial charge in [0.05, 0.1) is 13.2 Å². The van der Waals surface area contributed by atoms with Crippen LogP contribution in [0.25, 0.3) is 0 Å². The minimum atomic E-state index is -1.70. The lowest BCUT2D eigenvalue weighted by atomic mass is 9.95. The first-order valence-electron chi connectivity index (χ1n) is 9.04. The molecule has 0 aromatic rings. The Hall–Kier alpha value is -0.930. The van der Waals surface area contributed by atoms with Crippen LogP contribution >= 0.6 is 0 Å². The van der Waals surface area contributed by atoms with Gasteiger partial charge in [0, 0.05) is 13.5 Å². The van der Waals surface area contributed by atoms with E-state index in [1.54, 1.807) is 6.92 Å². The highest BCUT2D eigenvalue weighted by molar-refractivity contribution is 5.73. The lowest BCUT2D eigenvalue weighted by Gasteiger charge is -2.47. The minimum Gasteiger partial charge on any atom is -0.394 e. The molecule has 0 bridgehead atoms. The monoisotopic (exact) mass is 411 g/mol. The Kier molecular flexibility index (Phi) is 8.51. The molecule has 0 aromatic heterocycles. The molecule has 2 fully saturated rings. The van der Waals surface area contributed by atoms with Gasteiger partial charge in [0.1, 0.15) is 48.8 Å². The van der Waals surface area contributed by atoms with Crippen LogP contribution in [0.3, 0.4) is 0 Å². The van der Waals surface area contributed by atoms with Gasteiger partial charge in [-0.15, -0.1) is 0 Å². The molecule has 0 saturated carbocycles. The molecule has 1 amide bonds. The quantitative estimate of drug-likeness (QED) is 0.215. The van der Waals surface area contributed by atoms with E-state index in [4.69, 9.17) is 18.9 Å². The van der Waals surface area contributed by atoms with Gasteiger partial charge in [0.2, 0.25) is 5.91 Å². The zero-order chi connectivity index (χ0) is 21.0. The maximum Gasteiger partial charge on any atom is 0.217 e. The molecule has 2 rings (SSSR count). The molecule has 164 valence electrons. The van der Waals surface area contributed by atoms with Crippen molar-refractivity contribution in [3.63, 3.8) is 0 Å². The van der Waals surface area contributed by atoms with Crippen molar-refractivity contribution in [1.29, 1.82) is 0 Å². The molecule has 2 aliphatic heterocycles. The van der Waals surface area contributed by atoms with Gasteiger partial charge in [-0.3, -0.25) is 4.79 Å². The molecule has 7 N–H and O–H groups in total. The van der Waals surface area contributed by atoms with Crippen LogP contribution in [0, 0.1) is 0 Å². The molecule has 4 unspecified atom stereocenters. The normalized spacial score (nSPS) is 44.3. The second-order valence-electron chi connectivity index (χ2n) is 6.70. The lowest BCUT2D eigenvalue weighted by molar-refractivity contribution is -0.348.